The van der Waals surface area contributed by atoms with E-state index in [0.717, 1.165) is 16.7 Å². The number of aryl methyl sites for hydroxylation is 1. The predicted octanol–water partition coefficient (Wildman–Crippen LogP) is 2.15. The lowest BCUT2D eigenvalue weighted by atomic mass is 10.2. The molecule has 3 rings (SSSR count). The van der Waals surface area contributed by atoms with Gasteiger partial charge in [0, 0.05) is 18.6 Å². The van der Waals surface area contributed by atoms with Crippen molar-refractivity contribution in [3.8, 4) is 5.82 Å². The van der Waals surface area contributed by atoms with Gasteiger partial charge in [-0.05, 0) is 6.07 Å². The highest BCUT2D eigenvalue weighted by Gasteiger charge is 2.16. The van der Waals surface area contributed by atoms with Crippen LogP contribution in [0.25, 0.3) is 16.7 Å². The quantitative estimate of drug-likeness (QED) is 0.659. The second-order valence-corrected chi connectivity index (χ2v) is 4.28. The number of methoxy groups -OCH3 is 1. The average Bonchev–Trinajstić information content (AvgIpc) is 3.01. The second-order valence-electron chi connectivity index (χ2n) is 4.28. The van der Waals surface area contributed by atoms with Crippen LogP contribution in [0.4, 0.5) is 0 Å². The van der Waals surface area contributed by atoms with E-state index in [-0.39, 0.29) is 5.97 Å². The summed E-state index contributed by atoms with van der Waals surface area (Å²) >= 11 is 0. The van der Waals surface area contributed by atoms with Crippen LogP contribution in [0.15, 0.2) is 43.0 Å². The zero-order valence-electron chi connectivity index (χ0n) is 10.7. The molecule has 0 bridgehead atoms. The molecule has 0 saturated heterocycles. The summed E-state index contributed by atoms with van der Waals surface area (Å²) in [4.78, 5) is 15.9. The molecule has 0 unspecified atom stereocenters. The van der Waals surface area contributed by atoms with Gasteiger partial charge in [-0.25, -0.2) is 9.78 Å². The number of aromatic nitrogens is 3. The first-order valence-electron chi connectivity index (χ1n) is 5.87. The van der Waals surface area contributed by atoms with Crippen LogP contribution < -0.4 is 0 Å². The molecule has 0 atom stereocenters. The molecule has 1 aromatic carbocycles. The van der Waals surface area contributed by atoms with Gasteiger partial charge in [0.25, 0.3) is 0 Å². The van der Waals surface area contributed by atoms with Crippen molar-refractivity contribution in [3.63, 3.8) is 0 Å². The molecule has 96 valence electrons. The van der Waals surface area contributed by atoms with Crippen molar-refractivity contribution < 1.29 is 9.53 Å². The lowest BCUT2D eigenvalue weighted by Gasteiger charge is -2.04. The van der Waals surface area contributed by atoms with Crippen LogP contribution in [-0.2, 0) is 11.8 Å². The molecular weight excluding hydrogens is 242 g/mol. The fourth-order valence-electron chi connectivity index (χ4n) is 2.22. The Morgan fingerprint density at radius 1 is 1.32 bits per heavy atom. The van der Waals surface area contributed by atoms with Crippen molar-refractivity contribution in [1.82, 2.24) is 14.1 Å². The van der Waals surface area contributed by atoms with Gasteiger partial charge in [0.1, 0.15) is 5.82 Å². The van der Waals surface area contributed by atoms with Gasteiger partial charge in [0.15, 0.2) is 0 Å². The minimum Gasteiger partial charge on any atom is -0.465 e. The molecule has 0 aliphatic heterocycles. The standard InChI is InChI=1S/C14H13N3O2/c1-16-9-15-7-13(16)17-8-11(14(18)19-2)10-5-3-4-6-12(10)17/h3-9H,1-2H3. The fourth-order valence-corrected chi connectivity index (χ4v) is 2.22. The Balaban J connectivity index is 2.32. The van der Waals surface area contributed by atoms with Crippen LogP contribution in [0.2, 0.25) is 0 Å². The monoisotopic (exact) mass is 255 g/mol. The van der Waals surface area contributed by atoms with Crippen molar-refractivity contribution in [1.29, 1.82) is 0 Å². The largest absolute Gasteiger partial charge is 0.465 e. The molecule has 19 heavy (non-hydrogen) atoms. The Kier molecular flexibility index (Phi) is 2.59. The maximum Gasteiger partial charge on any atom is 0.340 e. The van der Waals surface area contributed by atoms with E-state index in [1.807, 2.05) is 40.4 Å². The summed E-state index contributed by atoms with van der Waals surface area (Å²) in [5, 5.41) is 0.871. The Morgan fingerprint density at radius 2 is 2.11 bits per heavy atom. The molecule has 5 heteroatoms. The first-order chi connectivity index (χ1) is 9.22. The molecule has 2 aromatic heterocycles. The average molecular weight is 255 g/mol. The van der Waals surface area contributed by atoms with Crippen LogP contribution in [-0.4, -0.2) is 27.2 Å². The molecule has 0 aliphatic rings. The van der Waals surface area contributed by atoms with E-state index in [0.29, 0.717) is 5.56 Å². The summed E-state index contributed by atoms with van der Waals surface area (Å²) in [5.41, 5.74) is 1.51. The Morgan fingerprint density at radius 3 is 2.79 bits per heavy atom. The van der Waals surface area contributed by atoms with E-state index >= 15 is 0 Å². The molecule has 0 N–H and O–H groups in total. The number of imidazole rings is 1. The zero-order chi connectivity index (χ0) is 13.4. The third kappa shape index (κ3) is 1.71. The number of nitrogens with zero attached hydrogens (tertiary/aromatic N) is 3. The van der Waals surface area contributed by atoms with Gasteiger partial charge in [-0.15, -0.1) is 0 Å². The second kappa shape index (κ2) is 4.28. The molecule has 2 heterocycles. The molecule has 0 aliphatic carbocycles. The topological polar surface area (TPSA) is 49.1 Å². The first kappa shape index (κ1) is 11.5. The van der Waals surface area contributed by atoms with Crippen LogP contribution in [0.1, 0.15) is 10.4 Å². The summed E-state index contributed by atoms with van der Waals surface area (Å²) < 4.78 is 8.67. The maximum absolute atomic E-state index is 11.8. The SMILES string of the molecule is COC(=O)c1cn(-c2cncn2C)c2ccccc12. The van der Waals surface area contributed by atoms with Crippen molar-refractivity contribution in [2.75, 3.05) is 7.11 Å². The van der Waals surface area contributed by atoms with E-state index in [4.69, 9.17) is 4.74 Å². The highest BCUT2D eigenvalue weighted by atomic mass is 16.5. The van der Waals surface area contributed by atoms with E-state index in [2.05, 4.69) is 4.98 Å². The molecule has 0 fully saturated rings. The van der Waals surface area contributed by atoms with Gasteiger partial charge in [0.2, 0.25) is 0 Å². The van der Waals surface area contributed by atoms with Crippen molar-refractivity contribution >= 4 is 16.9 Å². The van der Waals surface area contributed by atoms with Gasteiger partial charge >= 0.3 is 5.97 Å². The lowest BCUT2D eigenvalue weighted by molar-refractivity contribution is 0.0603. The van der Waals surface area contributed by atoms with Gasteiger partial charge in [0.05, 0.1) is 30.7 Å². The molecule has 0 radical (unpaired) electrons. The highest BCUT2D eigenvalue weighted by Crippen LogP contribution is 2.25. The summed E-state index contributed by atoms with van der Waals surface area (Å²) in [6.45, 7) is 0. The minimum atomic E-state index is -0.336. The van der Waals surface area contributed by atoms with E-state index in [1.165, 1.54) is 7.11 Å². The van der Waals surface area contributed by atoms with Crippen LogP contribution in [0, 0.1) is 0 Å². The number of rotatable bonds is 2. The zero-order valence-corrected chi connectivity index (χ0v) is 10.7. The number of carbonyl (C=O) groups excluding carboxylic acids is 1. The van der Waals surface area contributed by atoms with Gasteiger partial charge in [-0.2, -0.15) is 0 Å². The normalized spacial score (nSPS) is 10.8. The lowest BCUT2D eigenvalue weighted by Crippen LogP contribution is -2.01. The number of hydrogen-bond donors (Lipinski definition) is 0. The number of ether oxygens (including phenoxy) is 1. The summed E-state index contributed by atoms with van der Waals surface area (Å²) in [6, 6.07) is 7.72. The van der Waals surface area contributed by atoms with E-state index < -0.39 is 0 Å². The third-order valence-electron chi connectivity index (χ3n) is 3.16. The summed E-state index contributed by atoms with van der Waals surface area (Å²) in [6.07, 6.45) is 5.27. The van der Waals surface area contributed by atoms with Crippen LogP contribution in [0.5, 0.6) is 0 Å². The third-order valence-corrected chi connectivity index (χ3v) is 3.16. The Hall–Kier alpha value is -2.56. The number of esters is 1. The van der Waals surface area contributed by atoms with E-state index in [9.17, 15) is 4.79 Å². The summed E-state index contributed by atoms with van der Waals surface area (Å²) in [7, 11) is 3.30. The highest BCUT2D eigenvalue weighted by molar-refractivity contribution is 6.04. The molecular formula is C14H13N3O2. The summed E-state index contributed by atoms with van der Waals surface area (Å²) in [5.74, 6) is 0.559. The minimum absolute atomic E-state index is 0.336. The predicted molar refractivity (Wildman–Crippen MR) is 71.4 cm³/mol. The number of hydrogen-bond acceptors (Lipinski definition) is 3. The molecule has 3 aromatic rings. The number of benzene rings is 1. The Labute approximate surface area is 110 Å². The first-order valence-corrected chi connectivity index (χ1v) is 5.87. The molecule has 0 spiro atoms. The fraction of sp³-hybridized carbons (Fsp3) is 0.143. The maximum atomic E-state index is 11.8. The van der Waals surface area contributed by atoms with Crippen molar-refractivity contribution in [3.05, 3.63) is 48.5 Å². The number of fused-ring (bicyclic) bond motifs is 1. The number of para-hydroxylation sites is 1. The van der Waals surface area contributed by atoms with Crippen LogP contribution in [0.3, 0.4) is 0 Å². The number of carbonyl (C=O) groups is 1. The van der Waals surface area contributed by atoms with Crippen molar-refractivity contribution in [2.24, 2.45) is 7.05 Å². The molecule has 0 saturated carbocycles. The van der Waals surface area contributed by atoms with E-state index in [1.54, 1.807) is 18.7 Å². The van der Waals surface area contributed by atoms with Gasteiger partial charge in [-0.3, -0.25) is 0 Å². The Bertz CT molecular complexity index is 755. The smallest absolute Gasteiger partial charge is 0.340 e. The van der Waals surface area contributed by atoms with Gasteiger partial charge in [-0.1, -0.05) is 18.2 Å². The van der Waals surface area contributed by atoms with Crippen LogP contribution >= 0.6 is 0 Å². The molecule has 0 amide bonds. The van der Waals surface area contributed by atoms with Crippen molar-refractivity contribution in [2.45, 2.75) is 0 Å². The van der Waals surface area contributed by atoms with Gasteiger partial charge < -0.3 is 13.9 Å². The molecule has 5 nitrogen and oxygen atoms in total.